The Bertz CT molecular complexity index is 479. The van der Waals surface area contributed by atoms with Crippen molar-refractivity contribution in [3.8, 4) is 0 Å². The largest absolute Gasteiger partial charge is 0.372 e. The van der Waals surface area contributed by atoms with Gasteiger partial charge in [0.2, 0.25) is 0 Å². The van der Waals surface area contributed by atoms with Gasteiger partial charge in [-0.3, -0.25) is 9.67 Å². The zero-order chi connectivity index (χ0) is 12.1. The van der Waals surface area contributed by atoms with Crippen LogP contribution in [0.1, 0.15) is 5.82 Å². The van der Waals surface area contributed by atoms with Gasteiger partial charge in [-0.2, -0.15) is 5.10 Å². The summed E-state index contributed by atoms with van der Waals surface area (Å²) in [6.45, 7) is 0.728. The average Bonchev–Trinajstić information content (AvgIpc) is 2.75. The topological polar surface area (TPSA) is 80.5 Å². The van der Waals surface area contributed by atoms with Crippen molar-refractivity contribution in [1.82, 2.24) is 24.7 Å². The molecule has 2 heterocycles. The number of hydrogen-bond acceptors (Lipinski definition) is 6. The predicted molar refractivity (Wildman–Crippen MR) is 64.8 cm³/mol. The molecule has 2 rings (SSSR count). The molecular formula is C10H15N7. The molecule has 0 aromatic carbocycles. The van der Waals surface area contributed by atoms with E-state index >= 15 is 0 Å². The minimum atomic E-state index is 0.728. The van der Waals surface area contributed by atoms with Gasteiger partial charge in [0.1, 0.15) is 18.0 Å². The third kappa shape index (κ3) is 3.13. The van der Waals surface area contributed by atoms with Gasteiger partial charge < -0.3 is 10.6 Å². The maximum atomic E-state index is 4.30. The number of anilines is 2. The first-order valence-electron chi connectivity index (χ1n) is 5.36. The van der Waals surface area contributed by atoms with E-state index in [0.29, 0.717) is 0 Å². The standard InChI is InChI=1S/C10H15N7/c1-11-9-5-12-6-10(15-9)13-4-3-8-14-7-17(2)16-8/h5-7H,3-4H2,1-2H3,(H2,11,13,15). The van der Waals surface area contributed by atoms with Gasteiger partial charge >= 0.3 is 0 Å². The zero-order valence-corrected chi connectivity index (χ0v) is 9.88. The Morgan fingerprint density at radius 2 is 2.12 bits per heavy atom. The third-order valence-corrected chi connectivity index (χ3v) is 2.19. The van der Waals surface area contributed by atoms with Crippen LogP contribution in [0.5, 0.6) is 0 Å². The third-order valence-electron chi connectivity index (χ3n) is 2.19. The molecule has 0 radical (unpaired) electrons. The van der Waals surface area contributed by atoms with Crippen LogP contribution in [0.4, 0.5) is 11.6 Å². The molecule has 0 amide bonds. The summed E-state index contributed by atoms with van der Waals surface area (Å²) in [6.07, 6.45) is 5.81. The molecule has 0 bridgehead atoms. The highest BCUT2D eigenvalue weighted by atomic mass is 15.3. The number of nitrogens with one attached hydrogen (secondary N) is 2. The first kappa shape index (κ1) is 11.3. The molecule has 0 aliphatic rings. The molecule has 0 aliphatic heterocycles. The second-order valence-electron chi connectivity index (χ2n) is 3.55. The summed E-state index contributed by atoms with van der Waals surface area (Å²) in [6, 6.07) is 0. The number of rotatable bonds is 5. The monoisotopic (exact) mass is 233 g/mol. The molecule has 0 saturated heterocycles. The van der Waals surface area contributed by atoms with Crippen molar-refractivity contribution in [2.45, 2.75) is 6.42 Å². The van der Waals surface area contributed by atoms with E-state index in [0.717, 1.165) is 30.4 Å². The van der Waals surface area contributed by atoms with Gasteiger partial charge in [-0.1, -0.05) is 0 Å². The van der Waals surface area contributed by atoms with E-state index in [1.54, 1.807) is 23.4 Å². The molecule has 0 aliphatic carbocycles. The Morgan fingerprint density at radius 1 is 1.29 bits per heavy atom. The molecular weight excluding hydrogens is 218 g/mol. The van der Waals surface area contributed by atoms with Crippen LogP contribution in [0, 0.1) is 0 Å². The van der Waals surface area contributed by atoms with Crippen LogP contribution in [0.2, 0.25) is 0 Å². The summed E-state index contributed by atoms with van der Waals surface area (Å²) >= 11 is 0. The van der Waals surface area contributed by atoms with Crippen molar-refractivity contribution in [2.24, 2.45) is 7.05 Å². The van der Waals surface area contributed by atoms with E-state index in [1.807, 2.05) is 14.1 Å². The van der Waals surface area contributed by atoms with E-state index in [9.17, 15) is 0 Å². The van der Waals surface area contributed by atoms with Crippen molar-refractivity contribution in [3.05, 3.63) is 24.5 Å². The van der Waals surface area contributed by atoms with E-state index < -0.39 is 0 Å². The fraction of sp³-hybridized carbons (Fsp3) is 0.400. The molecule has 2 aromatic heterocycles. The predicted octanol–water partition coefficient (Wildman–Crippen LogP) is 0.301. The summed E-state index contributed by atoms with van der Waals surface area (Å²) in [5.41, 5.74) is 0. The highest BCUT2D eigenvalue weighted by molar-refractivity contribution is 5.40. The van der Waals surface area contributed by atoms with Crippen LogP contribution in [0.15, 0.2) is 18.7 Å². The normalized spacial score (nSPS) is 10.2. The first-order valence-corrected chi connectivity index (χ1v) is 5.36. The quantitative estimate of drug-likeness (QED) is 0.773. The molecule has 0 atom stereocenters. The summed E-state index contributed by atoms with van der Waals surface area (Å²) in [5, 5.41) is 10.3. The van der Waals surface area contributed by atoms with Crippen molar-refractivity contribution in [2.75, 3.05) is 24.2 Å². The molecule has 7 nitrogen and oxygen atoms in total. The highest BCUT2D eigenvalue weighted by Crippen LogP contribution is 2.05. The molecule has 0 saturated carbocycles. The summed E-state index contributed by atoms with van der Waals surface area (Å²) in [4.78, 5) is 12.5. The number of aromatic nitrogens is 5. The Hall–Kier alpha value is -2.18. The fourth-order valence-corrected chi connectivity index (χ4v) is 1.37. The lowest BCUT2D eigenvalue weighted by Gasteiger charge is -2.05. The minimum Gasteiger partial charge on any atom is -0.372 e. The fourth-order valence-electron chi connectivity index (χ4n) is 1.37. The lowest BCUT2D eigenvalue weighted by Crippen LogP contribution is -2.08. The van der Waals surface area contributed by atoms with E-state index in [-0.39, 0.29) is 0 Å². The Labute approximate surface area is 99.3 Å². The first-order chi connectivity index (χ1) is 8.28. The summed E-state index contributed by atoms with van der Waals surface area (Å²) < 4.78 is 1.69. The molecule has 0 spiro atoms. The molecule has 17 heavy (non-hydrogen) atoms. The average molecular weight is 233 g/mol. The number of hydrogen-bond donors (Lipinski definition) is 2. The Morgan fingerprint density at radius 3 is 2.82 bits per heavy atom. The molecule has 90 valence electrons. The van der Waals surface area contributed by atoms with E-state index in [2.05, 4.69) is 30.7 Å². The van der Waals surface area contributed by atoms with Gasteiger partial charge in [-0.05, 0) is 0 Å². The number of nitrogens with zero attached hydrogens (tertiary/aromatic N) is 5. The lowest BCUT2D eigenvalue weighted by molar-refractivity contribution is 0.741. The zero-order valence-electron chi connectivity index (χ0n) is 9.88. The van der Waals surface area contributed by atoms with Crippen LogP contribution in [0.25, 0.3) is 0 Å². The van der Waals surface area contributed by atoms with Gasteiger partial charge in [0.05, 0.1) is 12.4 Å². The summed E-state index contributed by atoms with van der Waals surface area (Å²) in [7, 11) is 3.66. The summed E-state index contributed by atoms with van der Waals surface area (Å²) in [5.74, 6) is 2.30. The van der Waals surface area contributed by atoms with E-state index in [1.165, 1.54) is 0 Å². The Kier molecular flexibility index (Phi) is 3.49. The van der Waals surface area contributed by atoms with Gasteiger partial charge in [-0.15, -0.1) is 0 Å². The highest BCUT2D eigenvalue weighted by Gasteiger charge is 2.00. The maximum absolute atomic E-state index is 4.30. The SMILES string of the molecule is CNc1cncc(NCCc2ncn(C)n2)n1. The molecule has 2 aromatic rings. The second kappa shape index (κ2) is 5.24. The molecule has 0 unspecified atom stereocenters. The van der Waals surface area contributed by atoms with Crippen LogP contribution >= 0.6 is 0 Å². The molecule has 2 N–H and O–H groups in total. The minimum absolute atomic E-state index is 0.728. The van der Waals surface area contributed by atoms with Gasteiger partial charge in [0, 0.05) is 27.1 Å². The van der Waals surface area contributed by atoms with Gasteiger partial charge in [0.15, 0.2) is 5.82 Å². The molecule has 0 fully saturated rings. The van der Waals surface area contributed by atoms with E-state index in [4.69, 9.17) is 0 Å². The maximum Gasteiger partial charge on any atom is 0.152 e. The van der Waals surface area contributed by atoms with Crippen molar-refractivity contribution < 1.29 is 0 Å². The molecule has 7 heteroatoms. The van der Waals surface area contributed by atoms with Crippen molar-refractivity contribution >= 4 is 11.6 Å². The van der Waals surface area contributed by atoms with Crippen LogP contribution in [0.3, 0.4) is 0 Å². The van der Waals surface area contributed by atoms with Crippen LogP contribution in [-0.2, 0) is 13.5 Å². The lowest BCUT2D eigenvalue weighted by atomic mass is 10.4. The second-order valence-corrected chi connectivity index (χ2v) is 3.55. The Balaban J connectivity index is 1.85. The van der Waals surface area contributed by atoms with Crippen molar-refractivity contribution in [1.29, 1.82) is 0 Å². The van der Waals surface area contributed by atoms with Crippen LogP contribution in [-0.4, -0.2) is 38.3 Å². The van der Waals surface area contributed by atoms with Gasteiger partial charge in [0.25, 0.3) is 0 Å². The van der Waals surface area contributed by atoms with Gasteiger partial charge in [-0.25, -0.2) is 9.97 Å². The smallest absolute Gasteiger partial charge is 0.152 e. The van der Waals surface area contributed by atoms with Crippen molar-refractivity contribution in [3.63, 3.8) is 0 Å². The van der Waals surface area contributed by atoms with Crippen LogP contribution < -0.4 is 10.6 Å². The number of aryl methyl sites for hydroxylation is 1.